The number of fused-ring (bicyclic) bond motifs is 1. The van der Waals surface area contributed by atoms with Crippen molar-refractivity contribution in [3.8, 4) is 17.2 Å². The zero-order valence-corrected chi connectivity index (χ0v) is 17.4. The molecule has 7 heteroatoms. The second-order valence-corrected chi connectivity index (χ2v) is 7.71. The Balaban J connectivity index is 1.72. The van der Waals surface area contributed by atoms with Gasteiger partial charge < -0.3 is 19.5 Å². The van der Waals surface area contributed by atoms with Gasteiger partial charge in [0, 0.05) is 17.8 Å². The van der Waals surface area contributed by atoms with Gasteiger partial charge in [0.2, 0.25) is 6.79 Å². The molecule has 0 saturated heterocycles. The molecule has 156 valence electrons. The topological polar surface area (TPSA) is 77.1 Å². The van der Waals surface area contributed by atoms with Crippen LogP contribution >= 0.6 is 0 Å². The summed E-state index contributed by atoms with van der Waals surface area (Å²) in [5, 5.41) is 3.13. The summed E-state index contributed by atoms with van der Waals surface area (Å²) >= 11 is 0. The van der Waals surface area contributed by atoms with E-state index >= 15 is 0 Å². The number of amides is 2. The Hall–Kier alpha value is -3.48. The summed E-state index contributed by atoms with van der Waals surface area (Å²) in [4.78, 5) is 27.5. The van der Waals surface area contributed by atoms with Crippen LogP contribution in [0.5, 0.6) is 17.2 Å². The maximum atomic E-state index is 13.1. The predicted octanol–water partition coefficient (Wildman–Crippen LogP) is 3.80. The standard InChI is InChI=1S/C23H24N2O5/c1-13(2)25-22(26)20(15-5-8-17(9-6-15)30-14(3)4)21(23(25)27)24-16-7-10-18-19(11-16)29-12-28-18/h5-11,13-14,24H,12H2,1-4H3. The second kappa shape index (κ2) is 7.74. The maximum absolute atomic E-state index is 13.1. The Labute approximate surface area is 175 Å². The van der Waals surface area contributed by atoms with Crippen molar-refractivity contribution in [1.82, 2.24) is 4.90 Å². The Bertz CT molecular complexity index is 1020. The lowest BCUT2D eigenvalue weighted by molar-refractivity contribution is -0.138. The van der Waals surface area contributed by atoms with Crippen LogP contribution in [0.15, 0.2) is 48.2 Å². The predicted molar refractivity (Wildman–Crippen MR) is 112 cm³/mol. The third-order valence-electron chi connectivity index (χ3n) is 4.79. The van der Waals surface area contributed by atoms with Crippen molar-refractivity contribution >= 4 is 23.1 Å². The first-order valence-corrected chi connectivity index (χ1v) is 9.91. The third-order valence-corrected chi connectivity index (χ3v) is 4.79. The van der Waals surface area contributed by atoms with Gasteiger partial charge in [-0.25, -0.2) is 0 Å². The molecule has 0 fully saturated rings. The van der Waals surface area contributed by atoms with Crippen LogP contribution in [0.2, 0.25) is 0 Å². The molecule has 2 aliphatic heterocycles. The van der Waals surface area contributed by atoms with E-state index < -0.39 is 0 Å². The van der Waals surface area contributed by atoms with E-state index in [9.17, 15) is 9.59 Å². The lowest BCUT2D eigenvalue weighted by Gasteiger charge is -2.19. The van der Waals surface area contributed by atoms with E-state index in [-0.39, 0.29) is 36.5 Å². The summed E-state index contributed by atoms with van der Waals surface area (Å²) in [6, 6.07) is 12.2. The summed E-state index contributed by atoms with van der Waals surface area (Å²) in [7, 11) is 0. The number of nitrogens with zero attached hydrogens (tertiary/aromatic N) is 1. The highest BCUT2D eigenvalue weighted by Gasteiger charge is 2.40. The summed E-state index contributed by atoms with van der Waals surface area (Å²) in [5.41, 5.74) is 1.86. The molecule has 0 bridgehead atoms. The molecular weight excluding hydrogens is 384 g/mol. The van der Waals surface area contributed by atoms with E-state index in [4.69, 9.17) is 14.2 Å². The first kappa shape index (κ1) is 19.8. The number of carbonyl (C=O) groups excluding carboxylic acids is 2. The molecule has 2 heterocycles. The van der Waals surface area contributed by atoms with Crippen molar-refractivity contribution in [2.75, 3.05) is 12.1 Å². The Morgan fingerprint density at radius 2 is 1.63 bits per heavy atom. The first-order valence-electron chi connectivity index (χ1n) is 9.91. The summed E-state index contributed by atoms with van der Waals surface area (Å²) in [6.45, 7) is 7.69. The lowest BCUT2D eigenvalue weighted by Crippen LogP contribution is -2.38. The molecule has 2 aromatic carbocycles. The molecule has 0 aromatic heterocycles. The van der Waals surface area contributed by atoms with Gasteiger partial charge in [0.05, 0.1) is 11.7 Å². The van der Waals surface area contributed by atoms with E-state index in [0.29, 0.717) is 34.1 Å². The molecule has 2 aliphatic rings. The van der Waals surface area contributed by atoms with Crippen molar-refractivity contribution in [3.05, 3.63) is 53.7 Å². The van der Waals surface area contributed by atoms with E-state index in [1.54, 1.807) is 42.5 Å². The first-order chi connectivity index (χ1) is 14.3. The zero-order chi connectivity index (χ0) is 21.4. The Kier molecular flexibility index (Phi) is 5.11. The van der Waals surface area contributed by atoms with Crippen molar-refractivity contribution in [3.63, 3.8) is 0 Å². The van der Waals surface area contributed by atoms with Gasteiger partial charge in [-0.05, 0) is 57.5 Å². The van der Waals surface area contributed by atoms with Gasteiger partial charge in [-0.1, -0.05) is 12.1 Å². The fraction of sp³-hybridized carbons (Fsp3) is 0.304. The number of hydrogen-bond donors (Lipinski definition) is 1. The number of carbonyl (C=O) groups is 2. The SMILES string of the molecule is CC(C)Oc1ccc(C2=C(Nc3ccc4c(c3)OCO4)C(=O)N(C(C)C)C2=O)cc1. The highest BCUT2D eigenvalue weighted by Crippen LogP contribution is 2.37. The molecule has 0 radical (unpaired) electrons. The average Bonchev–Trinajstić information content (AvgIpc) is 3.24. The molecule has 0 unspecified atom stereocenters. The van der Waals surface area contributed by atoms with Crippen molar-refractivity contribution < 1.29 is 23.8 Å². The number of rotatable bonds is 6. The number of ether oxygens (including phenoxy) is 3. The van der Waals surface area contributed by atoms with Crippen LogP contribution in [0.1, 0.15) is 33.3 Å². The molecular formula is C23H24N2O5. The lowest BCUT2D eigenvalue weighted by atomic mass is 10.0. The second-order valence-electron chi connectivity index (χ2n) is 7.71. The van der Waals surface area contributed by atoms with E-state index in [2.05, 4.69) is 5.32 Å². The number of imide groups is 1. The van der Waals surface area contributed by atoms with Crippen LogP contribution in [-0.2, 0) is 9.59 Å². The highest BCUT2D eigenvalue weighted by atomic mass is 16.7. The molecule has 0 spiro atoms. The molecule has 30 heavy (non-hydrogen) atoms. The van der Waals surface area contributed by atoms with Gasteiger partial charge in [0.25, 0.3) is 11.8 Å². The fourth-order valence-electron chi connectivity index (χ4n) is 3.49. The third kappa shape index (κ3) is 3.58. The van der Waals surface area contributed by atoms with Crippen LogP contribution < -0.4 is 19.5 Å². The summed E-state index contributed by atoms with van der Waals surface area (Å²) < 4.78 is 16.4. The van der Waals surface area contributed by atoms with Crippen molar-refractivity contribution in [1.29, 1.82) is 0 Å². The fourth-order valence-corrected chi connectivity index (χ4v) is 3.49. The molecule has 1 N–H and O–H groups in total. The highest BCUT2D eigenvalue weighted by molar-refractivity contribution is 6.36. The summed E-state index contributed by atoms with van der Waals surface area (Å²) in [5.74, 6) is 1.26. The minimum Gasteiger partial charge on any atom is -0.491 e. The number of nitrogens with one attached hydrogen (secondary N) is 1. The van der Waals surface area contributed by atoms with E-state index in [0.717, 1.165) is 0 Å². The van der Waals surface area contributed by atoms with Crippen molar-refractivity contribution in [2.24, 2.45) is 0 Å². The van der Waals surface area contributed by atoms with Gasteiger partial charge in [-0.3, -0.25) is 14.5 Å². The summed E-state index contributed by atoms with van der Waals surface area (Å²) in [6.07, 6.45) is 0.0458. The van der Waals surface area contributed by atoms with Crippen LogP contribution in [0.4, 0.5) is 5.69 Å². The van der Waals surface area contributed by atoms with Crippen LogP contribution in [0.25, 0.3) is 5.57 Å². The van der Waals surface area contributed by atoms with Gasteiger partial charge in [0.15, 0.2) is 11.5 Å². The number of hydrogen-bond acceptors (Lipinski definition) is 6. The molecule has 2 aromatic rings. The van der Waals surface area contributed by atoms with Gasteiger partial charge in [0.1, 0.15) is 11.4 Å². The van der Waals surface area contributed by atoms with E-state index in [1.165, 1.54) is 4.90 Å². The van der Waals surface area contributed by atoms with Crippen molar-refractivity contribution in [2.45, 2.75) is 39.8 Å². The normalized spacial score (nSPS) is 15.6. The molecule has 2 amide bonds. The average molecular weight is 408 g/mol. The zero-order valence-electron chi connectivity index (χ0n) is 17.4. The van der Waals surface area contributed by atoms with Gasteiger partial charge >= 0.3 is 0 Å². The molecule has 0 atom stereocenters. The maximum Gasteiger partial charge on any atom is 0.278 e. The smallest absolute Gasteiger partial charge is 0.278 e. The monoisotopic (exact) mass is 408 g/mol. The minimum absolute atomic E-state index is 0.0458. The minimum atomic E-state index is -0.356. The van der Waals surface area contributed by atoms with Gasteiger partial charge in [-0.2, -0.15) is 0 Å². The van der Waals surface area contributed by atoms with Crippen LogP contribution in [0, 0.1) is 0 Å². The van der Waals surface area contributed by atoms with Crippen LogP contribution in [0.3, 0.4) is 0 Å². The largest absolute Gasteiger partial charge is 0.491 e. The quantitative estimate of drug-likeness (QED) is 0.733. The molecule has 7 nitrogen and oxygen atoms in total. The number of benzene rings is 2. The van der Waals surface area contributed by atoms with E-state index in [1.807, 2.05) is 27.7 Å². The number of anilines is 1. The molecule has 0 saturated carbocycles. The Morgan fingerprint density at radius 3 is 2.30 bits per heavy atom. The van der Waals surface area contributed by atoms with Crippen LogP contribution in [-0.4, -0.2) is 35.7 Å². The molecule has 0 aliphatic carbocycles. The molecule has 4 rings (SSSR count). The Morgan fingerprint density at radius 1 is 0.933 bits per heavy atom. The van der Waals surface area contributed by atoms with Gasteiger partial charge in [-0.15, -0.1) is 0 Å².